The molecule has 2 rings (SSSR count). The maximum Gasteiger partial charge on any atom is 0.416 e. The fraction of sp³-hybridized carbons (Fsp3) is 0.500. The van der Waals surface area contributed by atoms with Gasteiger partial charge in [-0.2, -0.15) is 13.2 Å². The molecule has 1 aliphatic heterocycles. The topological polar surface area (TPSA) is 38.7 Å². The molecule has 1 heterocycles. The molecule has 0 unspecified atom stereocenters. The van der Waals surface area contributed by atoms with Crippen molar-refractivity contribution in [1.29, 1.82) is 0 Å². The molecule has 0 amide bonds. The van der Waals surface area contributed by atoms with E-state index in [2.05, 4.69) is 0 Å². The molecule has 0 spiro atoms. The third-order valence-corrected chi connectivity index (χ3v) is 2.70. The Kier molecular flexibility index (Phi) is 3.65. The second-order valence-corrected chi connectivity index (χ2v) is 3.94. The normalized spacial score (nSPS) is 14.7. The van der Waals surface area contributed by atoms with E-state index in [0.717, 1.165) is 6.07 Å². The van der Waals surface area contributed by atoms with Gasteiger partial charge in [-0.25, -0.2) is 0 Å². The van der Waals surface area contributed by atoms with E-state index in [0.29, 0.717) is 12.4 Å². The van der Waals surface area contributed by atoms with Crippen molar-refractivity contribution in [2.24, 2.45) is 0 Å². The molecule has 0 saturated heterocycles. The molecule has 0 aliphatic carbocycles. The first-order chi connectivity index (χ1) is 8.54. The molecule has 100 valence electrons. The summed E-state index contributed by atoms with van der Waals surface area (Å²) in [6, 6.07) is 2.28. The molecule has 3 nitrogen and oxygen atoms in total. The van der Waals surface area contributed by atoms with Crippen molar-refractivity contribution in [3.05, 3.63) is 23.3 Å². The highest BCUT2D eigenvalue weighted by atomic mass is 19.4. The molecule has 0 aromatic heterocycles. The van der Waals surface area contributed by atoms with Gasteiger partial charge in [-0.05, 0) is 25.0 Å². The van der Waals surface area contributed by atoms with Gasteiger partial charge in [0, 0.05) is 12.2 Å². The van der Waals surface area contributed by atoms with Crippen LogP contribution in [0, 0.1) is 0 Å². The Labute approximate surface area is 102 Å². The van der Waals surface area contributed by atoms with Crippen molar-refractivity contribution in [3.63, 3.8) is 0 Å². The van der Waals surface area contributed by atoms with Gasteiger partial charge in [0.2, 0.25) is 0 Å². The Balaban J connectivity index is 2.46. The van der Waals surface area contributed by atoms with Gasteiger partial charge in [0.15, 0.2) is 11.5 Å². The van der Waals surface area contributed by atoms with Crippen LogP contribution in [0.5, 0.6) is 11.5 Å². The summed E-state index contributed by atoms with van der Waals surface area (Å²) in [5.74, 6) is 0.492. The average Bonchev–Trinajstić information content (AvgIpc) is 2.34. The van der Waals surface area contributed by atoms with Gasteiger partial charge in [0.05, 0.1) is 5.56 Å². The molecule has 1 aromatic carbocycles. The number of ether oxygens (including phenoxy) is 2. The van der Waals surface area contributed by atoms with Crippen LogP contribution in [-0.2, 0) is 12.6 Å². The molecule has 0 radical (unpaired) electrons. The van der Waals surface area contributed by atoms with Gasteiger partial charge in [-0.1, -0.05) is 0 Å². The number of hydrogen-bond acceptors (Lipinski definition) is 3. The van der Waals surface area contributed by atoms with Crippen LogP contribution in [0.15, 0.2) is 12.1 Å². The smallest absolute Gasteiger partial charge is 0.416 e. The highest BCUT2D eigenvalue weighted by molar-refractivity contribution is 5.52. The van der Waals surface area contributed by atoms with E-state index in [1.54, 1.807) is 0 Å². The molecule has 0 saturated carbocycles. The first-order valence-corrected chi connectivity index (χ1v) is 5.63. The number of halogens is 3. The summed E-state index contributed by atoms with van der Waals surface area (Å²) in [6.07, 6.45) is -4.07. The third-order valence-electron chi connectivity index (χ3n) is 2.70. The summed E-state index contributed by atoms with van der Waals surface area (Å²) in [5, 5.41) is 8.77. The van der Waals surface area contributed by atoms with Crippen LogP contribution in [0.3, 0.4) is 0 Å². The second-order valence-electron chi connectivity index (χ2n) is 3.94. The fourth-order valence-corrected chi connectivity index (χ4v) is 1.94. The number of aliphatic hydroxyl groups excluding tert-OH is 1. The lowest BCUT2D eigenvalue weighted by Gasteiger charge is -2.23. The van der Waals surface area contributed by atoms with Crippen LogP contribution in [0.2, 0.25) is 0 Å². The van der Waals surface area contributed by atoms with Crippen LogP contribution in [0.25, 0.3) is 0 Å². The highest BCUT2D eigenvalue weighted by Crippen LogP contribution is 2.42. The predicted octanol–water partition coefficient (Wildman–Crippen LogP) is 2.40. The SMILES string of the molecule is OCCCc1c(C(F)(F)F)ccc2c1OCCO2. The molecule has 1 N–H and O–H groups in total. The Hall–Kier alpha value is -1.43. The Bertz CT molecular complexity index is 429. The number of fused-ring (bicyclic) bond motifs is 1. The van der Waals surface area contributed by atoms with Crippen LogP contribution in [0.4, 0.5) is 13.2 Å². The van der Waals surface area contributed by atoms with Crippen LogP contribution < -0.4 is 9.47 Å². The van der Waals surface area contributed by atoms with Gasteiger partial charge in [0.25, 0.3) is 0 Å². The van der Waals surface area contributed by atoms with E-state index in [1.165, 1.54) is 6.07 Å². The largest absolute Gasteiger partial charge is 0.486 e. The molecule has 0 bridgehead atoms. The minimum Gasteiger partial charge on any atom is -0.486 e. The van der Waals surface area contributed by atoms with Gasteiger partial charge < -0.3 is 14.6 Å². The molecule has 18 heavy (non-hydrogen) atoms. The predicted molar refractivity (Wildman–Crippen MR) is 57.8 cm³/mol. The van der Waals surface area contributed by atoms with E-state index in [-0.39, 0.29) is 37.4 Å². The van der Waals surface area contributed by atoms with Crippen molar-refractivity contribution in [2.75, 3.05) is 19.8 Å². The minimum absolute atomic E-state index is 0.0637. The first-order valence-electron chi connectivity index (χ1n) is 5.63. The standard InChI is InChI=1S/C12H13F3O3/c13-12(14,15)9-3-4-10-11(18-7-6-17-10)8(9)2-1-5-16/h3-4,16H,1-2,5-7H2. The first kappa shape index (κ1) is 13.0. The summed E-state index contributed by atoms with van der Waals surface area (Å²) in [4.78, 5) is 0. The number of alkyl halides is 3. The number of benzene rings is 1. The van der Waals surface area contributed by atoms with Gasteiger partial charge in [0.1, 0.15) is 13.2 Å². The van der Waals surface area contributed by atoms with Crippen molar-refractivity contribution in [3.8, 4) is 11.5 Å². The lowest BCUT2D eigenvalue weighted by Crippen LogP contribution is -2.19. The molecule has 0 atom stereocenters. The lowest BCUT2D eigenvalue weighted by molar-refractivity contribution is -0.138. The van der Waals surface area contributed by atoms with Gasteiger partial charge in [-0.3, -0.25) is 0 Å². The molecule has 1 aliphatic rings. The summed E-state index contributed by atoms with van der Waals surface area (Å²) in [6.45, 7) is 0.403. The minimum atomic E-state index is -4.43. The fourth-order valence-electron chi connectivity index (χ4n) is 1.94. The summed E-state index contributed by atoms with van der Waals surface area (Å²) >= 11 is 0. The van der Waals surface area contributed by atoms with Gasteiger partial charge >= 0.3 is 6.18 Å². The van der Waals surface area contributed by atoms with Gasteiger partial charge in [-0.15, -0.1) is 0 Å². The highest BCUT2D eigenvalue weighted by Gasteiger charge is 2.36. The van der Waals surface area contributed by atoms with Crippen LogP contribution >= 0.6 is 0 Å². The lowest BCUT2D eigenvalue weighted by atomic mass is 10.00. The molecular weight excluding hydrogens is 249 g/mol. The monoisotopic (exact) mass is 262 g/mol. The quantitative estimate of drug-likeness (QED) is 0.909. The van der Waals surface area contributed by atoms with E-state index < -0.39 is 11.7 Å². The Morgan fingerprint density at radius 3 is 2.56 bits per heavy atom. The maximum atomic E-state index is 12.9. The molecule has 0 fully saturated rings. The molecule has 6 heteroatoms. The van der Waals surface area contributed by atoms with Crippen LogP contribution in [-0.4, -0.2) is 24.9 Å². The Morgan fingerprint density at radius 1 is 1.17 bits per heavy atom. The number of hydrogen-bond donors (Lipinski definition) is 1. The van der Waals surface area contributed by atoms with Crippen molar-refractivity contribution in [1.82, 2.24) is 0 Å². The van der Waals surface area contributed by atoms with Crippen molar-refractivity contribution in [2.45, 2.75) is 19.0 Å². The van der Waals surface area contributed by atoms with Crippen LogP contribution in [0.1, 0.15) is 17.5 Å². The van der Waals surface area contributed by atoms with Crippen molar-refractivity contribution < 1.29 is 27.8 Å². The molecule has 1 aromatic rings. The Morgan fingerprint density at radius 2 is 1.89 bits per heavy atom. The van der Waals surface area contributed by atoms with E-state index >= 15 is 0 Å². The third kappa shape index (κ3) is 2.53. The second kappa shape index (κ2) is 5.06. The van der Waals surface area contributed by atoms with E-state index in [1.807, 2.05) is 0 Å². The molecular formula is C12H13F3O3. The zero-order valence-corrected chi connectivity index (χ0v) is 9.59. The zero-order valence-electron chi connectivity index (χ0n) is 9.59. The maximum absolute atomic E-state index is 12.9. The summed E-state index contributed by atoms with van der Waals surface area (Å²) in [7, 11) is 0. The van der Waals surface area contributed by atoms with E-state index in [4.69, 9.17) is 14.6 Å². The summed E-state index contributed by atoms with van der Waals surface area (Å²) < 4.78 is 49.2. The number of aliphatic hydroxyl groups is 1. The average molecular weight is 262 g/mol. The summed E-state index contributed by atoms with van der Waals surface area (Å²) in [5.41, 5.74) is -0.658. The van der Waals surface area contributed by atoms with E-state index in [9.17, 15) is 13.2 Å². The van der Waals surface area contributed by atoms with Crippen molar-refractivity contribution >= 4 is 0 Å². The zero-order chi connectivity index (χ0) is 13.2. The number of rotatable bonds is 3.